The number of aryl methyl sites for hydroxylation is 1. The smallest absolute Gasteiger partial charge is 0.222 e. The topological polar surface area (TPSA) is 75.9 Å². The average Bonchev–Trinajstić information content (AvgIpc) is 3.09. The number of amides is 1. The van der Waals surface area contributed by atoms with Gasteiger partial charge in [0.1, 0.15) is 5.82 Å². The van der Waals surface area contributed by atoms with Crippen molar-refractivity contribution in [1.82, 2.24) is 24.4 Å². The molecule has 0 saturated carbocycles. The Morgan fingerprint density at radius 3 is 2.86 bits per heavy atom. The highest BCUT2D eigenvalue weighted by Gasteiger charge is 2.27. The van der Waals surface area contributed by atoms with E-state index in [1.54, 1.807) is 18.5 Å². The van der Waals surface area contributed by atoms with E-state index in [0.29, 0.717) is 24.8 Å². The molecule has 0 spiro atoms. The normalized spacial score (nSPS) is 17.0. The first kappa shape index (κ1) is 18.4. The SMILES string of the molecule is Cn1c(C2CCCN(C(=O)CCCNc3ncccn3)C2)nc2ccccc21. The van der Waals surface area contributed by atoms with Gasteiger partial charge in [-0.25, -0.2) is 15.0 Å². The van der Waals surface area contributed by atoms with Crippen molar-refractivity contribution >= 4 is 22.9 Å². The van der Waals surface area contributed by atoms with E-state index >= 15 is 0 Å². The molecule has 146 valence electrons. The number of para-hydroxylation sites is 2. The van der Waals surface area contributed by atoms with Gasteiger partial charge < -0.3 is 14.8 Å². The quantitative estimate of drug-likeness (QED) is 0.668. The van der Waals surface area contributed by atoms with Crippen LogP contribution < -0.4 is 5.32 Å². The summed E-state index contributed by atoms with van der Waals surface area (Å²) in [6, 6.07) is 9.99. The van der Waals surface area contributed by atoms with Crippen LogP contribution >= 0.6 is 0 Å². The lowest BCUT2D eigenvalue weighted by Gasteiger charge is -2.32. The van der Waals surface area contributed by atoms with Gasteiger partial charge in [0.05, 0.1) is 11.0 Å². The summed E-state index contributed by atoms with van der Waals surface area (Å²) in [7, 11) is 2.07. The Hall–Kier alpha value is -2.96. The maximum atomic E-state index is 12.7. The first-order valence-electron chi connectivity index (χ1n) is 9.92. The molecule has 3 heterocycles. The molecule has 4 rings (SSSR count). The predicted octanol–water partition coefficient (Wildman–Crippen LogP) is 2.96. The molecule has 3 aromatic rings. The van der Waals surface area contributed by atoms with Gasteiger partial charge in [-0.05, 0) is 37.5 Å². The van der Waals surface area contributed by atoms with E-state index in [1.807, 2.05) is 23.1 Å². The van der Waals surface area contributed by atoms with Crippen LogP contribution in [0.3, 0.4) is 0 Å². The molecule has 1 fully saturated rings. The largest absolute Gasteiger partial charge is 0.354 e. The molecule has 0 radical (unpaired) electrons. The molecule has 0 bridgehead atoms. The summed E-state index contributed by atoms with van der Waals surface area (Å²) in [5.74, 6) is 2.21. The van der Waals surface area contributed by atoms with Crippen LogP contribution in [0, 0.1) is 0 Å². The predicted molar refractivity (Wildman–Crippen MR) is 109 cm³/mol. The molecule has 1 aromatic carbocycles. The van der Waals surface area contributed by atoms with Gasteiger partial charge in [-0.1, -0.05) is 12.1 Å². The Bertz CT molecular complexity index is 938. The summed E-state index contributed by atoms with van der Waals surface area (Å²) in [5, 5.41) is 3.15. The van der Waals surface area contributed by atoms with Crippen molar-refractivity contribution in [2.45, 2.75) is 31.6 Å². The maximum Gasteiger partial charge on any atom is 0.222 e. The van der Waals surface area contributed by atoms with E-state index in [4.69, 9.17) is 4.98 Å². The van der Waals surface area contributed by atoms with Crippen molar-refractivity contribution in [3.63, 3.8) is 0 Å². The second kappa shape index (κ2) is 8.37. The fourth-order valence-corrected chi connectivity index (χ4v) is 3.93. The highest BCUT2D eigenvalue weighted by atomic mass is 16.2. The Labute approximate surface area is 164 Å². The maximum absolute atomic E-state index is 12.7. The number of hydrogen-bond acceptors (Lipinski definition) is 5. The molecule has 2 aromatic heterocycles. The zero-order valence-corrected chi connectivity index (χ0v) is 16.2. The minimum absolute atomic E-state index is 0.222. The summed E-state index contributed by atoms with van der Waals surface area (Å²) in [4.78, 5) is 27.8. The van der Waals surface area contributed by atoms with E-state index in [2.05, 4.69) is 33.0 Å². The second-order valence-corrected chi connectivity index (χ2v) is 7.30. The number of nitrogens with one attached hydrogen (secondary N) is 1. The fraction of sp³-hybridized carbons (Fsp3) is 0.429. The molecule has 1 atom stereocenters. The van der Waals surface area contributed by atoms with Crippen LogP contribution in [0.5, 0.6) is 0 Å². The zero-order valence-electron chi connectivity index (χ0n) is 16.2. The molecular weight excluding hydrogens is 352 g/mol. The van der Waals surface area contributed by atoms with E-state index < -0.39 is 0 Å². The Morgan fingerprint density at radius 1 is 1.21 bits per heavy atom. The third-order valence-electron chi connectivity index (χ3n) is 5.38. The first-order chi connectivity index (χ1) is 13.7. The molecule has 1 unspecified atom stereocenters. The van der Waals surface area contributed by atoms with Crippen molar-refractivity contribution in [3.05, 3.63) is 48.5 Å². The Kier molecular flexibility index (Phi) is 5.50. The third kappa shape index (κ3) is 3.98. The Balaban J connectivity index is 1.32. The fourth-order valence-electron chi connectivity index (χ4n) is 3.93. The molecule has 1 aliphatic rings. The van der Waals surface area contributed by atoms with Crippen LogP contribution in [0.25, 0.3) is 11.0 Å². The van der Waals surface area contributed by atoms with Crippen molar-refractivity contribution in [3.8, 4) is 0 Å². The summed E-state index contributed by atoms with van der Waals surface area (Å²) < 4.78 is 2.18. The number of fused-ring (bicyclic) bond motifs is 1. The summed E-state index contributed by atoms with van der Waals surface area (Å²) in [5.41, 5.74) is 2.17. The lowest BCUT2D eigenvalue weighted by atomic mass is 9.96. The van der Waals surface area contributed by atoms with Crippen LogP contribution in [0.15, 0.2) is 42.7 Å². The van der Waals surface area contributed by atoms with Gasteiger partial charge >= 0.3 is 0 Å². The molecule has 7 heteroatoms. The molecular formula is C21H26N6O. The van der Waals surface area contributed by atoms with Gasteiger partial charge in [0.2, 0.25) is 11.9 Å². The number of rotatable bonds is 6. The number of benzene rings is 1. The van der Waals surface area contributed by atoms with E-state index in [-0.39, 0.29) is 5.91 Å². The molecule has 1 amide bonds. The number of nitrogens with zero attached hydrogens (tertiary/aromatic N) is 5. The lowest BCUT2D eigenvalue weighted by Crippen LogP contribution is -2.39. The second-order valence-electron chi connectivity index (χ2n) is 7.30. The number of carbonyl (C=O) groups is 1. The minimum atomic E-state index is 0.222. The van der Waals surface area contributed by atoms with Crippen molar-refractivity contribution in [1.29, 1.82) is 0 Å². The number of carbonyl (C=O) groups excluding carboxylic acids is 1. The number of anilines is 1. The molecule has 28 heavy (non-hydrogen) atoms. The van der Waals surface area contributed by atoms with Gasteiger partial charge in [0.25, 0.3) is 0 Å². The molecule has 1 N–H and O–H groups in total. The number of aromatic nitrogens is 4. The van der Waals surface area contributed by atoms with Gasteiger partial charge in [0, 0.05) is 51.4 Å². The molecule has 0 aliphatic carbocycles. The highest BCUT2D eigenvalue weighted by molar-refractivity contribution is 5.77. The van der Waals surface area contributed by atoms with Crippen molar-refractivity contribution < 1.29 is 4.79 Å². The van der Waals surface area contributed by atoms with Crippen LogP contribution in [-0.4, -0.2) is 50.0 Å². The highest BCUT2D eigenvalue weighted by Crippen LogP contribution is 2.28. The molecule has 7 nitrogen and oxygen atoms in total. The minimum Gasteiger partial charge on any atom is -0.354 e. The number of piperidine rings is 1. The standard InChI is InChI=1S/C21H26N6O/c1-26-18-9-3-2-8-17(18)25-20(26)16-7-5-14-27(15-16)19(28)10-4-11-22-21-23-12-6-13-24-21/h2-3,6,8-9,12-13,16H,4-5,7,10-11,14-15H2,1H3,(H,22,23,24). The molecule has 1 saturated heterocycles. The summed E-state index contributed by atoms with van der Waals surface area (Å²) in [6.45, 7) is 2.29. The van der Waals surface area contributed by atoms with E-state index in [1.165, 1.54) is 0 Å². The summed E-state index contributed by atoms with van der Waals surface area (Å²) in [6.07, 6.45) is 6.81. The van der Waals surface area contributed by atoms with Crippen LogP contribution in [0.1, 0.15) is 37.4 Å². The van der Waals surface area contributed by atoms with Crippen LogP contribution in [0.2, 0.25) is 0 Å². The van der Waals surface area contributed by atoms with Gasteiger partial charge in [-0.15, -0.1) is 0 Å². The third-order valence-corrected chi connectivity index (χ3v) is 5.38. The average molecular weight is 378 g/mol. The number of imidazole rings is 1. The number of likely N-dealkylation sites (tertiary alicyclic amines) is 1. The monoisotopic (exact) mass is 378 g/mol. The van der Waals surface area contributed by atoms with Crippen molar-refractivity contribution in [2.75, 3.05) is 25.0 Å². The molecule has 1 aliphatic heterocycles. The van der Waals surface area contributed by atoms with E-state index in [9.17, 15) is 4.79 Å². The Morgan fingerprint density at radius 2 is 2.04 bits per heavy atom. The number of hydrogen-bond donors (Lipinski definition) is 1. The van der Waals surface area contributed by atoms with Gasteiger partial charge in [0.15, 0.2) is 0 Å². The van der Waals surface area contributed by atoms with Gasteiger partial charge in [-0.2, -0.15) is 0 Å². The van der Waals surface area contributed by atoms with Gasteiger partial charge in [-0.3, -0.25) is 4.79 Å². The summed E-state index contributed by atoms with van der Waals surface area (Å²) >= 11 is 0. The van der Waals surface area contributed by atoms with Crippen LogP contribution in [0.4, 0.5) is 5.95 Å². The first-order valence-corrected chi connectivity index (χ1v) is 9.92. The lowest BCUT2D eigenvalue weighted by molar-refractivity contribution is -0.132. The zero-order chi connectivity index (χ0) is 19.3. The van der Waals surface area contributed by atoms with E-state index in [0.717, 1.165) is 49.2 Å². The van der Waals surface area contributed by atoms with Crippen molar-refractivity contribution in [2.24, 2.45) is 7.05 Å². The van der Waals surface area contributed by atoms with Crippen LogP contribution in [-0.2, 0) is 11.8 Å².